The minimum Gasteiger partial charge on any atom is -0.447 e. The molecule has 0 saturated heterocycles. The highest BCUT2D eigenvalue weighted by Crippen LogP contribution is 2.18. The van der Waals surface area contributed by atoms with Crippen molar-refractivity contribution in [1.82, 2.24) is 15.2 Å². The maximum atomic E-state index is 12.3. The van der Waals surface area contributed by atoms with Crippen LogP contribution in [-0.4, -0.2) is 22.3 Å². The zero-order valence-corrected chi connectivity index (χ0v) is 18.3. The van der Waals surface area contributed by atoms with Gasteiger partial charge in [0.15, 0.2) is 5.69 Å². The Morgan fingerprint density at radius 2 is 1.83 bits per heavy atom. The highest BCUT2D eigenvalue weighted by atomic mass is 16.3. The molecule has 5 nitrogen and oxygen atoms in total. The fraction of sp³-hybridized carbons (Fsp3) is 0.360. The van der Waals surface area contributed by atoms with Crippen LogP contribution in [0.2, 0.25) is 0 Å². The second kappa shape index (κ2) is 10.2. The molecule has 0 aliphatic rings. The number of carbonyl (C=O) groups is 1. The third kappa shape index (κ3) is 6.29. The minimum absolute atomic E-state index is 0.192. The highest BCUT2D eigenvalue weighted by molar-refractivity contribution is 5.91. The molecule has 5 heteroatoms. The molecule has 0 radical (unpaired) electrons. The number of hydrogen-bond donors (Lipinski definition) is 1. The van der Waals surface area contributed by atoms with Crippen molar-refractivity contribution in [2.75, 3.05) is 6.54 Å². The van der Waals surface area contributed by atoms with Gasteiger partial charge in [-0.25, -0.2) is 4.98 Å². The van der Waals surface area contributed by atoms with Crippen LogP contribution in [-0.2, 0) is 19.6 Å². The summed E-state index contributed by atoms with van der Waals surface area (Å²) >= 11 is 0. The van der Waals surface area contributed by atoms with Gasteiger partial charge in [-0.05, 0) is 36.5 Å². The Morgan fingerprint density at radius 3 is 2.53 bits per heavy atom. The summed E-state index contributed by atoms with van der Waals surface area (Å²) in [6.07, 6.45) is 1.45. The molecule has 0 atom stereocenters. The zero-order valence-electron chi connectivity index (χ0n) is 18.3. The largest absolute Gasteiger partial charge is 0.447 e. The molecule has 0 aliphatic heterocycles. The summed E-state index contributed by atoms with van der Waals surface area (Å²) in [5.74, 6) is 0.743. The third-order valence-electron chi connectivity index (χ3n) is 4.96. The van der Waals surface area contributed by atoms with Gasteiger partial charge >= 0.3 is 0 Å². The molecule has 3 aromatic rings. The smallest absolute Gasteiger partial charge is 0.273 e. The average Bonchev–Trinajstić information content (AvgIpc) is 3.17. The molecule has 3 rings (SSSR count). The fourth-order valence-electron chi connectivity index (χ4n) is 3.34. The van der Waals surface area contributed by atoms with E-state index in [9.17, 15) is 4.79 Å². The first-order valence-corrected chi connectivity index (χ1v) is 10.5. The first kappa shape index (κ1) is 21.8. The lowest BCUT2D eigenvalue weighted by atomic mass is 10.0. The van der Waals surface area contributed by atoms with Crippen LogP contribution in [0.4, 0.5) is 0 Å². The standard InChI is InChI=1S/C25H31N3O2/c1-18(2)13-26-25(29)23-17-30-24(27-23)16-28(14-21-8-6-5-7-9-21)15-22-11-10-19(3)12-20(22)4/h5-12,17-18H,13-16H2,1-4H3,(H,26,29). The number of oxazole rings is 1. The van der Waals surface area contributed by atoms with Crippen molar-refractivity contribution in [1.29, 1.82) is 0 Å². The van der Waals surface area contributed by atoms with Gasteiger partial charge in [0.25, 0.3) is 5.91 Å². The van der Waals surface area contributed by atoms with Gasteiger partial charge in [0.05, 0.1) is 6.54 Å². The topological polar surface area (TPSA) is 58.4 Å². The maximum absolute atomic E-state index is 12.3. The van der Waals surface area contributed by atoms with E-state index in [1.807, 2.05) is 18.2 Å². The van der Waals surface area contributed by atoms with Crippen molar-refractivity contribution in [2.24, 2.45) is 5.92 Å². The van der Waals surface area contributed by atoms with Crippen LogP contribution in [0.5, 0.6) is 0 Å². The Hall–Kier alpha value is -2.92. The van der Waals surface area contributed by atoms with Gasteiger partial charge in [0.2, 0.25) is 5.89 Å². The van der Waals surface area contributed by atoms with Crippen molar-refractivity contribution in [2.45, 2.75) is 47.3 Å². The lowest BCUT2D eigenvalue weighted by molar-refractivity contribution is 0.0944. The van der Waals surface area contributed by atoms with Crippen molar-refractivity contribution >= 4 is 5.91 Å². The van der Waals surface area contributed by atoms with Gasteiger partial charge < -0.3 is 9.73 Å². The van der Waals surface area contributed by atoms with Gasteiger partial charge in [-0.2, -0.15) is 0 Å². The SMILES string of the molecule is Cc1ccc(CN(Cc2ccccc2)Cc2nc(C(=O)NCC(C)C)co2)c(C)c1. The second-order valence-electron chi connectivity index (χ2n) is 8.29. The van der Waals surface area contributed by atoms with E-state index < -0.39 is 0 Å². The molecule has 158 valence electrons. The molecular weight excluding hydrogens is 374 g/mol. The summed E-state index contributed by atoms with van der Waals surface area (Å²) in [7, 11) is 0. The molecule has 0 fully saturated rings. The van der Waals surface area contributed by atoms with E-state index in [4.69, 9.17) is 4.42 Å². The van der Waals surface area contributed by atoms with Gasteiger partial charge in [0, 0.05) is 19.6 Å². The summed E-state index contributed by atoms with van der Waals surface area (Å²) in [5.41, 5.74) is 5.36. The van der Waals surface area contributed by atoms with E-state index in [1.54, 1.807) is 0 Å². The Kier molecular flexibility index (Phi) is 7.41. The molecule has 0 unspecified atom stereocenters. The molecule has 1 amide bonds. The Morgan fingerprint density at radius 1 is 1.07 bits per heavy atom. The van der Waals surface area contributed by atoms with Crippen LogP contribution in [0.15, 0.2) is 59.2 Å². The van der Waals surface area contributed by atoms with Gasteiger partial charge in [-0.15, -0.1) is 0 Å². The van der Waals surface area contributed by atoms with Crippen molar-refractivity contribution < 1.29 is 9.21 Å². The predicted molar refractivity (Wildman–Crippen MR) is 119 cm³/mol. The number of nitrogens with one attached hydrogen (secondary N) is 1. The van der Waals surface area contributed by atoms with Crippen molar-refractivity contribution in [3.8, 4) is 0 Å². The van der Waals surface area contributed by atoms with Gasteiger partial charge in [-0.1, -0.05) is 67.9 Å². The molecule has 2 aromatic carbocycles. The summed E-state index contributed by atoms with van der Waals surface area (Å²) < 4.78 is 5.63. The van der Waals surface area contributed by atoms with E-state index in [1.165, 1.54) is 28.5 Å². The lowest BCUT2D eigenvalue weighted by Crippen LogP contribution is -2.27. The summed E-state index contributed by atoms with van der Waals surface area (Å²) in [6.45, 7) is 11.1. The van der Waals surface area contributed by atoms with Crippen LogP contribution in [0.3, 0.4) is 0 Å². The van der Waals surface area contributed by atoms with Crippen molar-refractivity contribution in [3.05, 3.63) is 88.6 Å². The van der Waals surface area contributed by atoms with E-state index in [-0.39, 0.29) is 5.91 Å². The molecule has 0 aliphatic carbocycles. The number of hydrogen-bond acceptors (Lipinski definition) is 4. The first-order chi connectivity index (χ1) is 14.4. The third-order valence-corrected chi connectivity index (χ3v) is 4.96. The van der Waals surface area contributed by atoms with Gasteiger partial charge in [0.1, 0.15) is 6.26 Å². The van der Waals surface area contributed by atoms with Gasteiger partial charge in [-0.3, -0.25) is 9.69 Å². The molecule has 1 N–H and O–H groups in total. The molecule has 30 heavy (non-hydrogen) atoms. The fourth-order valence-corrected chi connectivity index (χ4v) is 3.34. The molecule has 0 spiro atoms. The lowest BCUT2D eigenvalue weighted by Gasteiger charge is -2.22. The van der Waals surface area contributed by atoms with Crippen LogP contribution in [0, 0.1) is 19.8 Å². The Balaban J connectivity index is 1.74. The van der Waals surface area contributed by atoms with E-state index in [2.05, 4.69) is 73.2 Å². The molecule has 1 heterocycles. The number of nitrogens with zero attached hydrogens (tertiary/aromatic N) is 2. The average molecular weight is 406 g/mol. The number of rotatable bonds is 9. The van der Waals surface area contributed by atoms with Crippen LogP contribution < -0.4 is 5.32 Å². The normalized spacial score (nSPS) is 11.3. The minimum atomic E-state index is -0.192. The number of carbonyl (C=O) groups excluding carboxylic acids is 1. The number of aromatic nitrogens is 1. The summed E-state index contributed by atoms with van der Waals surface area (Å²) in [4.78, 5) is 19.0. The summed E-state index contributed by atoms with van der Waals surface area (Å²) in [5, 5.41) is 2.88. The van der Waals surface area contributed by atoms with Crippen LogP contribution in [0.1, 0.15) is 52.5 Å². The van der Waals surface area contributed by atoms with E-state index in [0.717, 1.165) is 13.1 Å². The highest BCUT2D eigenvalue weighted by Gasteiger charge is 2.16. The van der Waals surface area contributed by atoms with E-state index in [0.29, 0.717) is 30.6 Å². The van der Waals surface area contributed by atoms with Crippen LogP contribution >= 0.6 is 0 Å². The Labute approximate surface area is 179 Å². The maximum Gasteiger partial charge on any atom is 0.273 e. The number of amides is 1. The predicted octanol–water partition coefficient (Wildman–Crippen LogP) is 4.88. The molecular formula is C25H31N3O2. The number of benzene rings is 2. The quantitative estimate of drug-likeness (QED) is 0.551. The zero-order chi connectivity index (χ0) is 21.5. The number of aryl methyl sites for hydroxylation is 2. The van der Waals surface area contributed by atoms with Crippen LogP contribution in [0.25, 0.3) is 0 Å². The molecule has 0 saturated carbocycles. The van der Waals surface area contributed by atoms with E-state index >= 15 is 0 Å². The van der Waals surface area contributed by atoms with Crippen molar-refractivity contribution in [3.63, 3.8) is 0 Å². The molecule has 0 bridgehead atoms. The Bertz CT molecular complexity index is 964. The summed E-state index contributed by atoms with van der Waals surface area (Å²) in [6, 6.07) is 16.9. The monoisotopic (exact) mass is 405 g/mol. The molecule has 1 aromatic heterocycles. The second-order valence-corrected chi connectivity index (χ2v) is 8.29. The first-order valence-electron chi connectivity index (χ1n) is 10.5.